The number of ether oxygens (including phenoxy) is 1. The molecule has 0 radical (unpaired) electrons. The molecule has 0 aromatic heterocycles. The first-order valence-corrected chi connectivity index (χ1v) is 9.67. The number of carbonyl (C=O) groups excluding carboxylic acids is 1. The molecule has 0 saturated heterocycles. The maximum atomic E-state index is 13.9. The molecule has 27 heavy (non-hydrogen) atoms. The molecule has 2 N–H and O–H groups in total. The van der Waals surface area contributed by atoms with Gasteiger partial charge in [0.15, 0.2) is 0 Å². The fourth-order valence-electron chi connectivity index (χ4n) is 2.27. The van der Waals surface area contributed by atoms with Gasteiger partial charge in [-0.3, -0.25) is 9.59 Å². The zero-order chi connectivity index (χ0) is 20.1. The second kappa shape index (κ2) is 9.32. The van der Waals surface area contributed by atoms with Gasteiger partial charge in [0, 0.05) is 11.6 Å². The molecular weight excluding hydrogens is 485 g/mol. The van der Waals surface area contributed by atoms with Crippen molar-refractivity contribution < 1.29 is 23.8 Å². The van der Waals surface area contributed by atoms with Crippen LogP contribution >= 0.6 is 31.9 Å². The molecule has 2 aromatic rings. The molecule has 0 heterocycles. The summed E-state index contributed by atoms with van der Waals surface area (Å²) in [6.07, 6.45) is -0.111. The number of rotatable bonds is 7. The summed E-state index contributed by atoms with van der Waals surface area (Å²) >= 11 is 6.72. The van der Waals surface area contributed by atoms with Crippen molar-refractivity contribution in [2.45, 2.75) is 26.9 Å². The third kappa shape index (κ3) is 6.32. The number of hydrogen-bond donors (Lipinski definition) is 2. The summed E-state index contributed by atoms with van der Waals surface area (Å²) in [4.78, 5) is 22.6. The third-order valence-electron chi connectivity index (χ3n) is 3.55. The molecular formula is C19H18Br2FNO4. The molecule has 8 heteroatoms. The van der Waals surface area contributed by atoms with Crippen LogP contribution in [0.4, 0.5) is 10.1 Å². The van der Waals surface area contributed by atoms with Crippen LogP contribution in [0, 0.1) is 11.7 Å². The van der Waals surface area contributed by atoms with Crippen molar-refractivity contribution in [1.82, 2.24) is 0 Å². The van der Waals surface area contributed by atoms with Crippen LogP contribution in [0.15, 0.2) is 39.3 Å². The summed E-state index contributed by atoms with van der Waals surface area (Å²) in [5.74, 6) is -1.36. The van der Waals surface area contributed by atoms with Gasteiger partial charge in [-0.2, -0.15) is 0 Å². The van der Waals surface area contributed by atoms with Gasteiger partial charge in [-0.15, -0.1) is 0 Å². The van der Waals surface area contributed by atoms with Crippen LogP contribution in [0.25, 0.3) is 0 Å². The lowest BCUT2D eigenvalue weighted by molar-refractivity contribution is -0.136. The van der Waals surface area contributed by atoms with Crippen LogP contribution in [0.3, 0.4) is 0 Å². The van der Waals surface area contributed by atoms with E-state index in [1.54, 1.807) is 32.0 Å². The van der Waals surface area contributed by atoms with E-state index in [9.17, 15) is 14.0 Å². The van der Waals surface area contributed by atoms with Gasteiger partial charge < -0.3 is 15.2 Å². The average Bonchev–Trinajstić information content (AvgIpc) is 2.52. The summed E-state index contributed by atoms with van der Waals surface area (Å²) in [6, 6.07) is 7.54. The Balaban J connectivity index is 2.15. The molecule has 0 fully saturated rings. The van der Waals surface area contributed by atoms with Gasteiger partial charge >= 0.3 is 5.97 Å². The van der Waals surface area contributed by atoms with E-state index in [4.69, 9.17) is 9.84 Å². The van der Waals surface area contributed by atoms with Crippen molar-refractivity contribution in [2.24, 2.45) is 5.92 Å². The Kier molecular flexibility index (Phi) is 7.38. The second-order valence-electron chi connectivity index (χ2n) is 6.24. The molecule has 0 unspecified atom stereocenters. The number of carboxylic acid groups (broad SMARTS) is 1. The summed E-state index contributed by atoms with van der Waals surface area (Å²) in [5, 5.41) is 11.6. The van der Waals surface area contributed by atoms with Crippen LogP contribution < -0.4 is 10.1 Å². The van der Waals surface area contributed by atoms with Crippen LogP contribution in [0.5, 0.6) is 5.75 Å². The molecule has 1 amide bonds. The van der Waals surface area contributed by atoms with Crippen molar-refractivity contribution in [3.05, 3.63) is 56.2 Å². The highest BCUT2D eigenvalue weighted by molar-refractivity contribution is 9.11. The topological polar surface area (TPSA) is 75.6 Å². The van der Waals surface area contributed by atoms with Gasteiger partial charge in [0.25, 0.3) is 0 Å². The molecule has 0 saturated carbocycles. The van der Waals surface area contributed by atoms with Crippen LogP contribution in [0.2, 0.25) is 0 Å². The average molecular weight is 503 g/mol. The minimum atomic E-state index is -0.932. The van der Waals surface area contributed by atoms with E-state index >= 15 is 0 Å². The largest absolute Gasteiger partial charge is 0.487 e. The molecule has 0 atom stereocenters. The van der Waals surface area contributed by atoms with Gasteiger partial charge in [-0.25, -0.2) is 4.39 Å². The zero-order valence-corrected chi connectivity index (χ0v) is 17.9. The smallest absolute Gasteiger partial charge is 0.307 e. The first-order chi connectivity index (χ1) is 12.7. The Labute approximate surface area is 173 Å². The maximum Gasteiger partial charge on any atom is 0.307 e. The Hall–Kier alpha value is -1.93. The monoisotopic (exact) mass is 501 g/mol. The Morgan fingerprint density at radius 1 is 1.11 bits per heavy atom. The van der Waals surface area contributed by atoms with E-state index in [0.29, 0.717) is 31.5 Å². The maximum absolute atomic E-state index is 13.9. The predicted molar refractivity (Wildman–Crippen MR) is 107 cm³/mol. The highest BCUT2D eigenvalue weighted by atomic mass is 79.9. The van der Waals surface area contributed by atoms with Gasteiger partial charge in [0.1, 0.15) is 18.2 Å². The number of carboxylic acids is 1. The molecule has 0 aliphatic heterocycles. The summed E-state index contributed by atoms with van der Waals surface area (Å²) in [7, 11) is 0. The molecule has 0 spiro atoms. The number of nitrogens with one attached hydrogen (secondary N) is 1. The van der Waals surface area contributed by atoms with Crippen molar-refractivity contribution >= 4 is 49.4 Å². The normalized spacial score (nSPS) is 10.7. The van der Waals surface area contributed by atoms with E-state index in [1.165, 1.54) is 12.1 Å². The molecule has 0 aliphatic rings. The molecule has 144 valence electrons. The Morgan fingerprint density at radius 3 is 2.30 bits per heavy atom. The Morgan fingerprint density at radius 2 is 1.74 bits per heavy atom. The lowest BCUT2D eigenvalue weighted by Crippen LogP contribution is -2.18. The Bertz CT molecular complexity index is 848. The number of halogens is 3. The molecule has 0 bridgehead atoms. The highest BCUT2D eigenvalue weighted by Crippen LogP contribution is 2.35. The predicted octanol–water partition coefficient (Wildman–Crippen LogP) is 5.15. The van der Waals surface area contributed by atoms with Gasteiger partial charge in [0.2, 0.25) is 5.91 Å². The van der Waals surface area contributed by atoms with Gasteiger partial charge in [0.05, 0.1) is 15.4 Å². The van der Waals surface area contributed by atoms with Crippen LogP contribution in [-0.4, -0.2) is 17.0 Å². The number of carbonyl (C=O) groups is 2. The van der Waals surface area contributed by atoms with Crippen molar-refractivity contribution in [3.63, 3.8) is 0 Å². The second-order valence-corrected chi connectivity index (χ2v) is 7.95. The summed E-state index contributed by atoms with van der Waals surface area (Å²) in [6.45, 7) is 3.57. The van der Waals surface area contributed by atoms with Crippen molar-refractivity contribution in [3.8, 4) is 5.75 Å². The first-order valence-electron chi connectivity index (χ1n) is 8.08. The van der Waals surface area contributed by atoms with E-state index in [1.807, 2.05) is 0 Å². The highest BCUT2D eigenvalue weighted by Gasteiger charge is 2.13. The van der Waals surface area contributed by atoms with E-state index in [2.05, 4.69) is 37.2 Å². The van der Waals surface area contributed by atoms with Crippen molar-refractivity contribution in [1.29, 1.82) is 0 Å². The first kappa shape index (κ1) is 21.4. The number of amides is 1. The molecule has 2 rings (SSSR count). The molecule has 2 aromatic carbocycles. The quantitative estimate of drug-likeness (QED) is 0.548. The number of anilines is 1. The molecule has 0 aliphatic carbocycles. The minimum Gasteiger partial charge on any atom is -0.487 e. The minimum absolute atomic E-state index is 0.0672. The standard InChI is InChI=1S/C19H18Br2FNO4/c1-10(2)19(26)23-14-4-12(3-13(22)8-14)9-27-18-15(20)5-11(6-16(18)21)7-17(24)25/h3-6,8,10H,7,9H2,1-2H3,(H,23,26)(H,24,25). The van der Waals surface area contributed by atoms with Crippen LogP contribution in [0.1, 0.15) is 25.0 Å². The van der Waals surface area contributed by atoms with E-state index in [-0.39, 0.29) is 24.9 Å². The molecule has 5 nitrogen and oxygen atoms in total. The number of benzene rings is 2. The van der Waals surface area contributed by atoms with E-state index in [0.717, 1.165) is 0 Å². The van der Waals surface area contributed by atoms with Gasteiger partial charge in [-0.05, 0) is 73.3 Å². The fraction of sp³-hybridized carbons (Fsp3) is 0.263. The van der Waals surface area contributed by atoms with Crippen molar-refractivity contribution in [2.75, 3.05) is 5.32 Å². The number of hydrogen-bond acceptors (Lipinski definition) is 3. The van der Waals surface area contributed by atoms with Gasteiger partial charge in [-0.1, -0.05) is 13.8 Å². The third-order valence-corrected chi connectivity index (χ3v) is 4.72. The SMILES string of the molecule is CC(C)C(=O)Nc1cc(F)cc(COc2c(Br)cc(CC(=O)O)cc2Br)c1. The zero-order valence-electron chi connectivity index (χ0n) is 14.7. The fourth-order valence-corrected chi connectivity index (χ4v) is 3.79. The summed E-state index contributed by atoms with van der Waals surface area (Å²) < 4.78 is 20.8. The lowest BCUT2D eigenvalue weighted by atomic mass is 10.1. The van der Waals surface area contributed by atoms with E-state index < -0.39 is 11.8 Å². The van der Waals surface area contributed by atoms with Crippen LogP contribution in [-0.2, 0) is 22.6 Å². The lowest BCUT2D eigenvalue weighted by Gasteiger charge is -2.13. The number of aliphatic carboxylic acids is 1. The summed E-state index contributed by atoms with van der Waals surface area (Å²) in [5.41, 5.74) is 1.52.